The summed E-state index contributed by atoms with van der Waals surface area (Å²) in [6.07, 6.45) is 10.2. The highest BCUT2D eigenvalue weighted by Crippen LogP contribution is 2.05. The predicted molar refractivity (Wildman–Crippen MR) is 49.4 cm³/mol. The minimum Gasteiger partial charge on any atom is -0.0834 e. The Labute approximate surface area is 67.3 Å². The molecular formula is C9H17P. The van der Waals surface area contributed by atoms with Crippen LogP contribution in [0, 0.1) is 0 Å². The van der Waals surface area contributed by atoms with Gasteiger partial charge >= 0.3 is 0 Å². The smallest absolute Gasteiger partial charge is 0.0146 e. The molecule has 0 rings (SSSR count). The van der Waals surface area contributed by atoms with Crippen LogP contribution >= 0.6 is 9.24 Å². The van der Waals surface area contributed by atoms with Crippen molar-refractivity contribution in [2.45, 2.75) is 45.4 Å². The van der Waals surface area contributed by atoms with Crippen molar-refractivity contribution in [1.29, 1.82) is 0 Å². The molecule has 0 aromatic carbocycles. The molecule has 0 aromatic heterocycles. The zero-order valence-electron chi connectivity index (χ0n) is 6.84. The van der Waals surface area contributed by atoms with Crippen LogP contribution in [-0.4, -0.2) is 0 Å². The molecule has 0 aliphatic rings. The second-order valence-corrected chi connectivity index (χ2v) is 2.89. The molecule has 0 amide bonds. The van der Waals surface area contributed by atoms with Crippen LogP contribution in [0.3, 0.4) is 0 Å². The van der Waals surface area contributed by atoms with Gasteiger partial charge in [-0.1, -0.05) is 44.5 Å². The zero-order valence-corrected chi connectivity index (χ0v) is 7.74. The van der Waals surface area contributed by atoms with Gasteiger partial charge in [-0.25, -0.2) is 0 Å². The van der Waals surface area contributed by atoms with Crippen molar-refractivity contribution in [3.63, 3.8) is 0 Å². The molecule has 58 valence electrons. The van der Waals surface area contributed by atoms with E-state index in [0.29, 0.717) is 0 Å². The summed E-state index contributed by atoms with van der Waals surface area (Å²) >= 11 is 0. The average molecular weight is 156 g/mol. The highest BCUT2D eigenvalue weighted by Gasteiger charge is 1.85. The first-order valence-electron chi connectivity index (χ1n) is 4.21. The summed E-state index contributed by atoms with van der Waals surface area (Å²) in [5.41, 5.74) is 0. The van der Waals surface area contributed by atoms with E-state index >= 15 is 0 Å². The molecule has 0 N–H and O–H groups in total. The second-order valence-electron chi connectivity index (χ2n) is 2.59. The lowest BCUT2D eigenvalue weighted by molar-refractivity contribution is 0.637. The molecule has 10 heavy (non-hydrogen) atoms. The molecule has 0 aliphatic heterocycles. The largest absolute Gasteiger partial charge is 0.0834 e. The number of allylic oxidation sites excluding steroid dienone is 1. The van der Waals surface area contributed by atoms with Crippen LogP contribution in [0.15, 0.2) is 11.9 Å². The SMILES string of the molecule is CCCCCCCC=C[P]. The van der Waals surface area contributed by atoms with E-state index in [1.165, 1.54) is 38.5 Å². The van der Waals surface area contributed by atoms with Gasteiger partial charge in [0.05, 0.1) is 0 Å². The van der Waals surface area contributed by atoms with E-state index < -0.39 is 0 Å². The number of unbranched alkanes of at least 4 members (excludes halogenated alkanes) is 5. The Hall–Kier alpha value is 0.170. The molecule has 0 saturated carbocycles. The number of hydrogen-bond donors (Lipinski definition) is 0. The summed E-state index contributed by atoms with van der Waals surface area (Å²) in [5.74, 6) is 1.83. The maximum Gasteiger partial charge on any atom is -0.0146 e. The standard InChI is InChI=1S/C9H17P/c1-2-3-4-5-6-7-8-9-10/h8-9H,2-7H2,1H3. The van der Waals surface area contributed by atoms with Crippen molar-refractivity contribution in [3.05, 3.63) is 11.9 Å². The van der Waals surface area contributed by atoms with Crippen LogP contribution < -0.4 is 0 Å². The van der Waals surface area contributed by atoms with E-state index in [-0.39, 0.29) is 0 Å². The van der Waals surface area contributed by atoms with Gasteiger partial charge in [-0.2, -0.15) is 0 Å². The Morgan fingerprint density at radius 2 is 1.80 bits per heavy atom. The highest BCUT2D eigenvalue weighted by molar-refractivity contribution is 7.20. The second kappa shape index (κ2) is 9.17. The third-order valence-electron chi connectivity index (χ3n) is 1.58. The molecule has 2 radical (unpaired) electrons. The minimum absolute atomic E-state index is 1.20. The van der Waals surface area contributed by atoms with Gasteiger partial charge in [-0.3, -0.25) is 0 Å². The summed E-state index contributed by atoms with van der Waals surface area (Å²) in [4.78, 5) is 0. The van der Waals surface area contributed by atoms with E-state index in [2.05, 4.69) is 22.2 Å². The maximum absolute atomic E-state index is 3.98. The van der Waals surface area contributed by atoms with E-state index in [4.69, 9.17) is 0 Å². The maximum atomic E-state index is 3.98. The van der Waals surface area contributed by atoms with Gasteiger partial charge in [0.1, 0.15) is 0 Å². The summed E-state index contributed by atoms with van der Waals surface area (Å²) in [6.45, 7) is 2.24. The van der Waals surface area contributed by atoms with Crippen LogP contribution in [0.4, 0.5) is 0 Å². The Bertz CT molecular complexity index is 76.8. The summed E-state index contributed by atoms with van der Waals surface area (Å²) < 4.78 is 0. The summed E-state index contributed by atoms with van der Waals surface area (Å²) in [7, 11) is 3.98. The molecule has 0 bridgehead atoms. The topological polar surface area (TPSA) is 0 Å². The summed E-state index contributed by atoms with van der Waals surface area (Å²) in [5, 5.41) is 0. The monoisotopic (exact) mass is 156 g/mol. The Balaban J connectivity index is 2.77. The van der Waals surface area contributed by atoms with Crippen LogP contribution in [0.25, 0.3) is 0 Å². The third kappa shape index (κ3) is 8.17. The van der Waals surface area contributed by atoms with Gasteiger partial charge in [0.25, 0.3) is 0 Å². The highest BCUT2D eigenvalue weighted by atomic mass is 31.0. The molecule has 0 atom stereocenters. The first-order chi connectivity index (χ1) is 4.91. The Kier molecular flexibility index (Phi) is 9.33. The van der Waals surface area contributed by atoms with E-state index in [0.717, 1.165) is 0 Å². The van der Waals surface area contributed by atoms with E-state index in [9.17, 15) is 0 Å². The van der Waals surface area contributed by atoms with Crippen LogP contribution in [0.5, 0.6) is 0 Å². The van der Waals surface area contributed by atoms with Crippen LogP contribution in [0.1, 0.15) is 45.4 Å². The predicted octanol–water partition coefficient (Wildman–Crippen LogP) is 4.27. The lowest BCUT2D eigenvalue weighted by Gasteiger charge is -1.94. The van der Waals surface area contributed by atoms with Crippen molar-refractivity contribution in [3.8, 4) is 0 Å². The molecule has 0 saturated heterocycles. The van der Waals surface area contributed by atoms with Crippen molar-refractivity contribution < 1.29 is 0 Å². The molecule has 0 spiro atoms. The molecule has 0 fully saturated rings. The third-order valence-corrected chi connectivity index (χ3v) is 1.79. The average Bonchev–Trinajstić information content (AvgIpc) is 1.97. The minimum atomic E-state index is 1.20. The normalized spacial score (nSPS) is 11.0. The van der Waals surface area contributed by atoms with Crippen molar-refractivity contribution in [1.82, 2.24) is 0 Å². The van der Waals surface area contributed by atoms with Gasteiger partial charge in [-0.15, -0.1) is 0 Å². The number of rotatable bonds is 6. The Morgan fingerprint density at radius 3 is 2.40 bits per heavy atom. The lowest BCUT2D eigenvalue weighted by Crippen LogP contribution is -1.75. The zero-order chi connectivity index (χ0) is 7.66. The molecule has 0 nitrogen and oxygen atoms in total. The lowest BCUT2D eigenvalue weighted by atomic mass is 10.1. The fourth-order valence-corrected chi connectivity index (χ4v) is 1.09. The molecular weight excluding hydrogens is 139 g/mol. The Morgan fingerprint density at radius 1 is 1.10 bits per heavy atom. The molecule has 0 unspecified atom stereocenters. The van der Waals surface area contributed by atoms with Gasteiger partial charge < -0.3 is 0 Å². The summed E-state index contributed by atoms with van der Waals surface area (Å²) in [6, 6.07) is 0. The van der Waals surface area contributed by atoms with Gasteiger partial charge in [-0.05, 0) is 22.1 Å². The fraction of sp³-hybridized carbons (Fsp3) is 0.778. The van der Waals surface area contributed by atoms with Gasteiger partial charge in [0.2, 0.25) is 0 Å². The van der Waals surface area contributed by atoms with E-state index in [1.807, 2.05) is 5.82 Å². The van der Waals surface area contributed by atoms with Gasteiger partial charge in [0, 0.05) is 0 Å². The quantitative estimate of drug-likeness (QED) is 0.398. The first-order valence-corrected chi connectivity index (χ1v) is 4.72. The van der Waals surface area contributed by atoms with Crippen molar-refractivity contribution >= 4 is 9.24 Å². The first kappa shape index (κ1) is 10.2. The molecule has 1 heteroatoms. The van der Waals surface area contributed by atoms with Crippen molar-refractivity contribution in [2.75, 3.05) is 0 Å². The van der Waals surface area contributed by atoms with E-state index in [1.54, 1.807) is 0 Å². The molecule has 0 aliphatic carbocycles. The number of hydrogen-bond acceptors (Lipinski definition) is 0. The van der Waals surface area contributed by atoms with Crippen molar-refractivity contribution in [2.24, 2.45) is 0 Å². The van der Waals surface area contributed by atoms with Crippen LogP contribution in [-0.2, 0) is 0 Å². The van der Waals surface area contributed by atoms with Gasteiger partial charge in [0.15, 0.2) is 0 Å². The molecule has 0 aromatic rings. The molecule has 0 heterocycles. The van der Waals surface area contributed by atoms with Crippen LogP contribution in [0.2, 0.25) is 0 Å². The fourth-order valence-electron chi connectivity index (χ4n) is 0.940.